The fourth-order valence-electron chi connectivity index (χ4n) is 2.35. The predicted molar refractivity (Wildman–Crippen MR) is 68.8 cm³/mol. The first-order chi connectivity index (χ1) is 8.27. The van der Waals surface area contributed by atoms with Crippen LogP contribution in [0.25, 0.3) is 0 Å². The molecular weight excluding hydrogens is 216 g/mol. The molecule has 1 aliphatic rings. The minimum atomic E-state index is 0.161. The molecule has 17 heavy (non-hydrogen) atoms. The summed E-state index contributed by atoms with van der Waals surface area (Å²) in [5.41, 5.74) is 0. The first-order valence-corrected chi connectivity index (χ1v) is 6.90. The van der Waals surface area contributed by atoms with E-state index in [1.807, 2.05) is 11.8 Å². The standard InChI is InChI=1S/C13H26N2O2/c1-2-15(10-5-11-16)13(17)8-7-12-6-3-4-9-14-12/h12,14,16H,2-11H2,1H3. The summed E-state index contributed by atoms with van der Waals surface area (Å²) in [6.45, 7) is 4.68. The van der Waals surface area contributed by atoms with Gasteiger partial charge in [-0.15, -0.1) is 0 Å². The molecule has 1 rings (SSSR count). The zero-order chi connectivity index (χ0) is 12.5. The number of aliphatic hydroxyl groups is 1. The summed E-state index contributed by atoms with van der Waals surface area (Å²) in [6, 6.07) is 0.532. The Morgan fingerprint density at radius 3 is 2.88 bits per heavy atom. The van der Waals surface area contributed by atoms with Gasteiger partial charge in [-0.3, -0.25) is 4.79 Å². The molecule has 0 spiro atoms. The highest BCUT2D eigenvalue weighted by Crippen LogP contribution is 2.12. The maximum atomic E-state index is 11.9. The Kier molecular flexibility index (Phi) is 7.21. The number of hydrogen-bond acceptors (Lipinski definition) is 3. The Bertz CT molecular complexity index is 215. The summed E-state index contributed by atoms with van der Waals surface area (Å²) in [5, 5.41) is 12.2. The van der Waals surface area contributed by atoms with Crippen molar-refractivity contribution in [2.45, 2.75) is 51.5 Å². The second-order valence-electron chi connectivity index (χ2n) is 4.74. The third kappa shape index (κ3) is 5.50. The fourth-order valence-corrected chi connectivity index (χ4v) is 2.35. The number of piperidine rings is 1. The van der Waals surface area contributed by atoms with E-state index in [0.29, 0.717) is 25.4 Å². The van der Waals surface area contributed by atoms with Crippen LogP contribution in [0.5, 0.6) is 0 Å². The topological polar surface area (TPSA) is 52.6 Å². The van der Waals surface area contributed by atoms with Gasteiger partial charge in [-0.25, -0.2) is 0 Å². The van der Waals surface area contributed by atoms with Crippen LogP contribution in [-0.4, -0.2) is 48.2 Å². The van der Waals surface area contributed by atoms with Crippen LogP contribution >= 0.6 is 0 Å². The van der Waals surface area contributed by atoms with Gasteiger partial charge in [0, 0.05) is 32.2 Å². The summed E-state index contributed by atoms with van der Waals surface area (Å²) in [6.07, 6.45) is 6.03. The number of nitrogens with one attached hydrogen (secondary N) is 1. The lowest BCUT2D eigenvalue weighted by atomic mass is 10.0. The lowest BCUT2D eigenvalue weighted by molar-refractivity contribution is -0.131. The minimum Gasteiger partial charge on any atom is -0.396 e. The average molecular weight is 242 g/mol. The lowest BCUT2D eigenvalue weighted by Gasteiger charge is -2.25. The number of carbonyl (C=O) groups excluding carboxylic acids is 1. The molecule has 1 atom stereocenters. The van der Waals surface area contributed by atoms with E-state index in [1.165, 1.54) is 19.3 Å². The van der Waals surface area contributed by atoms with E-state index >= 15 is 0 Å². The van der Waals surface area contributed by atoms with E-state index in [1.54, 1.807) is 0 Å². The third-order valence-corrected chi connectivity index (χ3v) is 3.44. The van der Waals surface area contributed by atoms with E-state index in [-0.39, 0.29) is 12.5 Å². The quantitative estimate of drug-likeness (QED) is 0.704. The number of carbonyl (C=O) groups is 1. The van der Waals surface area contributed by atoms with Crippen molar-refractivity contribution in [3.63, 3.8) is 0 Å². The van der Waals surface area contributed by atoms with E-state index in [9.17, 15) is 4.79 Å². The van der Waals surface area contributed by atoms with E-state index in [4.69, 9.17) is 5.11 Å². The van der Waals surface area contributed by atoms with Gasteiger partial charge in [0.05, 0.1) is 0 Å². The lowest BCUT2D eigenvalue weighted by Crippen LogP contribution is -2.37. The smallest absolute Gasteiger partial charge is 0.222 e. The van der Waals surface area contributed by atoms with Gasteiger partial charge >= 0.3 is 0 Å². The molecule has 0 aromatic heterocycles. The first kappa shape index (κ1) is 14.5. The molecule has 2 N–H and O–H groups in total. The van der Waals surface area contributed by atoms with Crippen LogP contribution < -0.4 is 5.32 Å². The summed E-state index contributed by atoms with van der Waals surface area (Å²) >= 11 is 0. The summed E-state index contributed by atoms with van der Waals surface area (Å²) in [5.74, 6) is 0.230. The van der Waals surface area contributed by atoms with Crippen LogP contribution in [0, 0.1) is 0 Å². The van der Waals surface area contributed by atoms with Crippen molar-refractivity contribution in [3.8, 4) is 0 Å². The largest absolute Gasteiger partial charge is 0.396 e. The molecular formula is C13H26N2O2. The van der Waals surface area contributed by atoms with Gasteiger partial charge < -0.3 is 15.3 Å². The minimum absolute atomic E-state index is 0.161. The van der Waals surface area contributed by atoms with Crippen LogP contribution in [0.2, 0.25) is 0 Å². The van der Waals surface area contributed by atoms with Gasteiger partial charge in [-0.1, -0.05) is 6.42 Å². The SMILES string of the molecule is CCN(CCCO)C(=O)CCC1CCCCN1. The second-order valence-corrected chi connectivity index (χ2v) is 4.74. The Morgan fingerprint density at radius 2 is 2.29 bits per heavy atom. The molecule has 0 bridgehead atoms. The normalized spacial score (nSPS) is 20.2. The molecule has 4 heteroatoms. The molecule has 0 aliphatic carbocycles. The van der Waals surface area contributed by atoms with Crippen LogP contribution in [0.15, 0.2) is 0 Å². The molecule has 1 aliphatic heterocycles. The highest BCUT2D eigenvalue weighted by Gasteiger charge is 2.16. The van der Waals surface area contributed by atoms with E-state index < -0.39 is 0 Å². The number of rotatable bonds is 7. The van der Waals surface area contributed by atoms with Crippen LogP contribution in [0.4, 0.5) is 0 Å². The molecule has 100 valence electrons. The Morgan fingerprint density at radius 1 is 1.47 bits per heavy atom. The molecule has 1 amide bonds. The zero-order valence-corrected chi connectivity index (χ0v) is 11.0. The van der Waals surface area contributed by atoms with Gasteiger partial charge in [-0.05, 0) is 39.2 Å². The number of nitrogens with zero attached hydrogens (tertiary/aromatic N) is 1. The van der Waals surface area contributed by atoms with Crippen LogP contribution in [0.3, 0.4) is 0 Å². The average Bonchev–Trinajstić information content (AvgIpc) is 2.38. The van der Waals surface area contributed by atoms with Crippen LogP contribution in [-0.2, 0) is 4.79 Å². The zero-order valence-electron chi connectivity index (χ0n) is 11.0. The van der Waals surface area contributed by atoms with Crippen molar-refractivity contribution in [3.05, 3.63) is 0 Å². The van der Waals surface area contributed by atoms with Crippen LogP contribution in [0.1, 0.15) is 45.4 Å². The molecule has 1 fully saturated rings. The van der Waals surface area contributed by atoms with Crippen molar-refractivity contribution < 1.29 is 9.90 Å². The van der Waals surface area contributed by atoms with Gasteiger partial charge in [0.2, 0.25) is 5.91 Å². The maximum absolute atomic E-state index is 11.9. The summed E-state index contributed by atoms with van der Waals surface area (Å²) in [7, 11) is 0. The molecule has 0 aromatic carbocycles. The molecule has 4 nitrogen and oxygen atoms in total. The Labute approximate surface area is 104 Å². The highest BCUT2D eigenvalue weighted by molar-refractivity contribution is 5.76. The summed E-state index contributed by atoms with van der Waals surface area (Å²) in [4.78, 5) is 13.8. The fraction of sp³-hybridized carbons (Fsp3) is 0.923. The Balaban J connectivity index is 2.21. The highest BCUT2D eigenvalue weighted by atomic mass is 16.3. The molecule has 1 heterocycles. The van der Waals surface area contributed by atoms with Gasteiger partial charge in [0.15, 0.2) is 0 Å². The van der Waals surface area contributed by atoms with Crippen molar-refractivity contribution in [1.29, 1.82) is 0 Å². The van der Waals surface area contributed by atoms with Crippen molar-refractivity contribution in [2.75, 3.05) is 26.2 Å². The third-order valence-electron chi connectivity index (χ3n) is 3.44. The van der Waals surface area contributed by atoms with Gasteiger partial charge in [-0.2, -0.15) is 0 Å². The Hall–Kier alpha value is -0.610. The summed E-state index contributed by atoms with van der Waals surface area (Å²) < 4.78 is 0. The van der Waals surface area contributed by atoms with Gasteiger partial charge in [0.25, 0.3) is 0 Å². The second kappa shape index (κ2) is 8.48. The monoisotopic (exact) mass is 242 g/mol. The maximum Gasteiger partial charge on any atom is 0.222 e. The number of hydrogen-bond donors (Lipinski definition) is 2. The van der Waals surface area contributed by atoms with Gasteiger partial charge in [0.1, 0.15) is 0 Å². The van der Waals surface area contributed by atoms with E-state index in [2.05, 4.69) is 5.32 Å². The van der Waals surface area contributed by atoms with Crippen molar-refractivity contribution >= 4 is 5.91 Å². The molecule has 1 saturated heterocycles. The molecule has 0 aromatic rings. The van der Waals surface area contributed by atoms with Crippen molar-refractivity contribution in [2.24, 2.45) is 0 Å². The number of aliphatic hydroxyl groups excluding tert-OH is 1. The molecule has 1 unspecified atom stereocenters. The van der Waals surface area contributed by atoms with E-state index in [0.717, 1.165) is 19.5 Å². The first-order valence-electron chi connectivity index (χ1n) is 6.90. The number of amides is 1. The predicted octanol–water partition coefficient (Wildman–Crippen LogP) is 1.14. The molecule has 0 radical (unpaired) electrons. The van der Waals surface area contributed by atoms with Crippen molar-refractivity contribution in [1.82, 2.24) is 10.2 Å². The molecule has 0 saturated carbocycles.